The van der Waals surface area contributed by atoms with Crippen LogP contribution in [0.2, 0.25) is 5.02 Å². The number of unbranched alkanes of at least 4 members (excludes halogenated alkanes) is 2. The van der Waals surface area contributed by atoms with Gasteiger partial charge >= 0.3 is 18.1 Å². The number of primary amides is 1. The minimum absolute atomic E-state index is 0.00749. The van der Waals surface area contributed by atoms with E-state index in [0.29, 0.717) is 49.2 Å². The van der Waals surface area contributed by atoms with Crippen molar-refractivity contribution in [1.82, 2.24) is 15.5 Å². The number of epoxide rings is 1. The highest BCUT2D eigenvalue weighted by molar-refractivity contribution is 6.35. The van der Waals surface area contributed by atoms with E-state index < -0.39 is 95.6 Å². The van der Waals surface area contributed by atoms with Crippen molar-refractivity contribution in [1.29, 1.82) is 0 Å². The van der Waals surface area contributed by atoms with E-state index in [1.54, 1.807) is 58.2 Å². The van der Waals surface area contributed by atoms with Gasteiger partial charge in [-0.15, -0.1) is 0 Å². The first-order valence-electron chi connectivity index (χ1n) is 28.7. The molecule has 84 heavy (non-hydrogen) atoms. The smallest absolute Gasteiger partial charge is 0.412 e. The van der Waals surface area contributed by atoms with E-state index in [1.807, 2.05) is 26.8 Å². The Balaban J connectivity index is 1.17. The predicted octanol–water partition coefficient (Wildman–Crippen LogP) is 6.86. The lowest BCUT2D eigenvalue weighted by molar-refractivity contribution is -0.187. The summed E-state index contributed by atoms with van der Waals surface area (Å²) < 4.78 is 35.4. The summed E-state index contributed by atoms with van der Waals surface area (Å²) in [7, 11) is 5.84. The molecule has 0 aliphatic carbocycles. The number of hydrogen-bond donors (Lipinski definition) is 5. The van der Waals surface area contributed by atoms with Crippen LogP contribution in [0.25, 0.3) is 0 Å². The van der Waals surface area contributed by atoms with Gasteiger partial charge < -0.3 is 54.8 Å². The Hall–Kier alpha value is -6.88. The molecule has 4 aliphatic rings. The number of esters is 1. The van der Waals surface area contributed by atoms with Gasteiger partial charge in [0.2, 0.25) is 23.6 Å². The second-order valence-corrected chi connectivity index (χ2v) is 23.6. The van der Waals surface area contributed by atoms with Crippen molar-refractivity contribution in [2.24, 2.45) is 29.4 Å². The molecule has 6 rings (SSSR count). The number of anilines is 2. The number of allylic oxidation sites excluding steroid dienone is 3. The zero-order valence-corrected chi connectivity index (χ0v) is 50.6. The summed E-state index contributed by atoms with van der Waals surface area (Å²) in [5.74, 6) is -3.96. The number of aliphatic hydroxyl groups is 1. The number of methoxy groups -OCH3 is 3. The summed E-state index contributed by atoms with van der Waals surface area (Å²) in [4.78, 5) is 122. The standard InChI is InChI=1S/C61H83ClN6O16/c1-34(2)42(30-41(69)17-12-11-13-23-68-52(72)25-36(4)57(68)75)56(74)66-43(18-15-22-64-58(63)76)45(70)28-39-20-21-40(29-46(39)79-8)65-59(77)83-50-31-51(71)67(7)44-26-38(27-47(80-9)54(44)62)24-35(3)16-14-19-49(81-10)61(78)32-48(82-53(73)33-61)37(5)55-60(50,6)84-55/h14,16,19-21,26-27,29,34,36-37,42-43,48-50,55,78H,11-13,15,17-18,22-25,28,30-33H2,1-10H3,(H,65,77)(H,66,74)(H3,63,64,76)/b19-14+,35-16+/t36?,37-,42+,43+,48+,49-,50+,55+,60+,61-/m1/s1. The third-order valence-corrected chi connectivity index (χ3v) is 16.8. The molecule has 7 amide bonds. The molecule has 4 bridgehead atoms. The maximum Gasteiger partial charge on any atom is 0.412 e. The Morgan fingerprint density at radius 1 is 0.952 bits per heavy atom. The summed E-state index contributed by atoms with van der Waals surface area (Å²) in [6.45, 7) is 11.2. The first-order valence-corrected chi connectivity index (χ1v) is 29.1. The number of nitrogens with zero attached hydrogens (tertiary/aromatic N) is 2. The van der Waals surface area contributed by atoms with Gasteiger partial charge in [0.05, 0.1) is 44.9 Å². The van der Waals surface area contributed by atoms with Crippen LogP contribution in [0.5, 0.6) is 11.5 Å². The van der Waals surface area contributed by atoms with Gasteiger partial charge in [-0.1, -0.05) is 75.6 Å². The van der Waals surface area contributed by atoms with E-state index in [2.05, 4.69) is 16.0 Å². The number of ether oxygens (including phenoxy) is 6. The predicted molar refractivity (Wildman–Crippen MR) is 311 cm³/mol. The Morgan fingerprint density at radius 3 is 2.33 bits per heavy atom. The summed E-state index contributed by atoms with van der Waals surface area (Å²) in [6, 6.07) is 6.30. The van der Waals surface area contributed by atoms with E-state index in [9.17, 15) is 48.3 Å². The monoisotopic (exact) mass is 1190 g/mol. The molecular weight excluding hydrogens is 1110 g/mol. The maximum atomic E-state index is 14.5. The van der Waals surface area contributed by atoms with Crippen molar-refractivity contribution in [2.75, 3.05) is 51.7 Å². The summed E-state index contributed by atoms with van der Waals surface area (Å²) >= 11 is 6.85. The van der Waals surface area contributed by atoms with Crippen molar-refractivity contribution in [3.63, 3.8) is 0 Å². The third kappa shape index (κ3) is 16.9. The molecule has 10 atom stereocenters. The lowest BCUT2D eigenvalue weighted by Crippen LogP contribution is -2.53. The molecule has 1 unspecified atom stereocenters. The van der Waals surface area contributed by atoms with Gasteiger partial charge in [-0.3, -0.25) is 43.8 Å². The van der Waals surface area contributed by atoms with Crippen molar-refractivity contribution in [3.8, 4) is 11.5 Å². The molecule has 3 fully saturated rings. The molecule has 23 heteroatoms. The topological polar surface area (TPSA) is 301 Å². The van der Waals surface area contributed by atoms with Crippen molar-refractivity contribution in [3.05, 3.63) is 70.3 Å². The minimum atomic E-state index is -1.65. The average molecular weight is 1190 g/mol. The number of likely N-dealkylation sites (tertiary alicyclic amines) is 1. The molecule has 22 nitrogen and oxygen atoms in total. The number of nitrogens with one attached hydrogen (secondary N) is 3. The highest BCUT2D eigenvalue weighted by Crippen LogP contribution is 2.50. The quantitative estimate of drug-likeness (QED) is 0.0328. The summed E-state index contributed by atoms with van der Waals surface area (Å²) in [5.41, 5.74) is 4.90. The van der Waals surface area contributed by atoms with Crippen LogP contribution in [0, 0.1) is 23.7 Å². The van der Waals surface area contributed by atoms with Crippen LogP contribution in [-0.2, 0) is 65.4 Å². The zero-order chi connectivity index (χ0) is 61.8. The number of imide groups is 1. The van der Waals surface area contributed by atoms with E-state index >= 15 is 0 Å². The molecule has 4 aliphatic heterocycles. The summed E-state index contributed by atoms with van der Waals surface area (Å²) in [5, 5.41) is 20.3. The van der Waals surface area contributed by atoms with Crippen LogP contribution in [0.3, 0.4) is 0 Å². The van der Waals surface area contributed by atoms with Crippen LogP contribution in [0.15, 0.2) is 54.1 Å². The lowest BCUT2D eigenvalue weighted by atomic mass is 9.78. The van der Waals surface area contributed by atoms with Gasteiger partial charge in [-0.25, -0.2) is 9.59 Å². The van der Waals surface area contributed by atoms with Crippen molar-refractivity contribution >= 4 is 76.3 Å². The minimum Gasteiger partial charge on any atom is -0.496 e. The lowest BCUT2D eigenvalue weighted by Gasteiger charge is -2.41. The molecule has 0 spiro atoms. The Bertz CT molecular complexity index is 2860. The highest BCUT2D eigenvalue weighted by atomic mass is 35.5. The molecule has 2 aromatic rings. The van der Waals surface area contributed by atoms with Gasteiger partial charge in [0.15, 0.2) is 5.78 Å². The molecule has 0 saturated carbocycles. The van der Waals surface area contributed by atoms with Gasteiger partial charge in [-0.05, 0) is 75.6 Å². The molecular formula is C61H83ClN6O16. The van der Waals surface area contributed by atoms with E-state index in [-0.39, 0.29) is 104 Å². The van der Waals surface area contributed by atoms with Crippen molar-refractivity contribution in [2.45, 2.75) is 167 Å². The van der Waals surface area contributed by atoms with Gasteiger partial charge in [0, 0.05) is 94.4 Å². The van der Waals surface area contributed by atoms with Gasteiger partial charge in [-0.2, -0.15) is 0 Å². The third-order valence-electron chi connectivity index (χ3n) is 16.4. The summed E-state index contributed by atoms with van der Waals surface area (Å²) in [6.07, 6.45) is 2.42. The number of ketones is 2. The number of nitrogens with two attached hydrogens (primary N) is 1. The maximum absolute atomic E-state index is 14.5. The largest absolute Gasteiger partial charge is 0.496 e. The second-order valence-electron chi connectivity index (χ2n) is 23.2. The number of urea groups is 1. The first kappa shape index (κ1) is 66.3. The number of halogens is 1. The SMILES string of the molecule is COc1cc(NC(=O)O[C@H]2CC(=O)N(C)c3cc(cc(OC)c3Cl)C/C(C)=C/C=C/[C@@H](OC)[C@]3(O)CC(=O)O[C@@H](C3)[C@@H](C)[C@@H]3O[C@@]23C)ccc1CC(=O)[C@H](CCCNC(N)=O)NC(=O)[C@@H](CC(=O)CCCCCN1C(=O)CC(C)C1=O)C(C)C. The number of benzene rings is 2. The van der Waals surface area contributed by atoms with Crippen LogP contribution in [-0.4, -0.2) is 146 Å². The van der Waals surface area contributed by atoms with E-state index in [4.69, 9.17) is 45.8 Å². The van der Waals surface area contributed by atoms with Crippen molar-refractivity contribution < 1.29 is 76.7 Å². The van der Waals surface area contributed by atoms with Crippen LogP contribution < -0.4 is 36.1 Å². The Labute approximate surface area is 496 Å². The molecule has 3 saturated heterocycles. The second kappa shape index (κ2) is 29.3. The molecule has 4 heterocycles. The van der Waals surface area contributed by atoms with Gasteiger partial charge in [0.25, 0.3) is 0 Å². The normalized spacial score (nSPS) is 26.2. The van der Waals surface area contributed by atoms with Crippen LogP contribution in [0.1, 0.15) is 123 Å². The first-order chi connectivity index (χ1) is 39.7. The van der Waals surface area contributed by atoms with Crippen LogP contribution >= 0.6 is 11.6 Å². The fraction of sp³-hybridized carbons (Fsp3) is 0.590. The number of rotatable bonds is 23. The number of Topliss-reactive ketones (excluding diaryl/α,β-unsaturated/α-hetero) is 2. The van der Waals surface area contributed by atoms with Crippen LogP contribution in [0.4, 0.5) is 21.0 Å². The highest BCUT2D eigenvalue weighted by Gasteiger charge is 2.64. The molecule has 2 aromatic carbocycles. The van der Waals surface area contributed by atoms with E-state index in [1.165, 1.54) is 43.3 Å². The molecule has 6 N–H and O–H groups in total. The Kier molecular flexibility index (Phi) is 23.1. The number of fused-ring (bicyclic) bond motifs is 5. The zero-order valence-electron chi connectivity index (χ0n) is 49.8. The number of hydrogen-bond acceptors (Lipinski definition) is 16. The Morgan fingerprint density at radius 2 is 1.68 bits per heavy atom. The molecule has 0 radical (unpaired) electrons. The fourth-order valence-electron chi connectivity index (χ4n) is 11.4. The number of carbonyl (C=O) groups excluding carboxylic acids is 9. The number of carbonyl (C=O) groups is 9. The van der Waals surface area contributed by atoms with Gasteiger partial charge in [0.1, 0.15) is 51.8 Å². The molecule has 460 valence electrons. The number of amides is 7. The fourth-order valence-corrected chi connectivity index (χ4v) is 11.7. The molecule has 0 aromatic heterocycles. The van der Waals surface area contributed by atoms with E-state index in [0.717, 1.165) is 11.1 Å². The average Bonchev–Trinajstić information content (AvgIpc) is 1.67.